The molecule has 106 valence electrons. The first kappa shape index (κ1) is 14.4. The van der Waals surface area contributed by atoms with E-state index in [0.29, 0.717) is 6.10 Å². The van der Waals surface area contributed by atoms with Crippen LogP contribution in [0.15, 0.2) is 18.2 Å². The maximum Gasteiger partial charge on any atom is 0.125 e. The highest BCUT2D eigenvalue weighted by Crippen LogP contribution is 2.34. The largest absolute Gasteiger partial charge is 0.490 e. The standard InChI is InChI=1S/C17H26O2/c1-11-5-6-17(16(10-11)14(4)18)19-15-8-12(2)7-13(3)9-15/h5-6,10,12-15,18H,7-9H2,1-4H3/t12?,13?,14-,15?/m0/s1. The molecule has 2 nitrogen and oxygen atoms in total. The predicted molar refractivity (Wildman–Crippen MR) is 78.4 cm³/mol. The summed E-state index contributed by atoms with van der Waals surface area (Å²) in [5.74, 6) is 2.32. The van der Waals surface area contributed by atoms with Gasteiger partial charge in [-0.2, -0.15) is 0 Å². The Hall–Kier alpha value is -1.02. The second-order valence-electron chi connectivity index (χ2n) is 6.37. The molecule has 1 aromatic rings. The minimum atomic E-state index is -0.478. The van der Waals surface area contributed by atoms with E-state index in [2.05, 4.69) is 19.9 Å². The molecule has 2 rings (SSSR count). The number of ether oxygens (including phenoxy) is 1. The van der Waals surface area contributed by atoms with Crippen LogP contribution >= 0.6 is 0 Å². The molecule has 2 heteroatoms. The zero-order valence-corrected chi connectivity index (χ0v) is 12.5. The lowest BCUT2D eigenvalue weighted by atomic mass is 9.82. The molecule has 0 heterocycles. The molecule has 1 N–H and O–H groups in total. The quantitative estimate of drug-likeness (QED) is 0.882. The van der Waals surface area contributed by atoms with Crippen molar-refractivity contribution in [2.45, 2.75) is 59.2 Å². The van der Waals surface area contributed by atoms with E-state index in [1.165, 1.54) is 6.42 Å². The van der Waals surface area contributed by atoms with Crippen LogP contribution < -0.4 is 4.74 Å². The van der Waals surface area contributed by atoms with E-state index in [4.69, 9.17) is 4.74 Å². The van der Waals surface area contributed by atoms with Gasteiger partial charge in [0.2, 0.25) is 0 Å². The van der Waals surface area contributed by atoms with Crippen molar-refractivity contribution in [3.8, 4) is 5.75 Å². The Morgan fingerprint density at radius 1 is 1.16 bits per heavy atom. The third-order valence-electron chi connectivity index (χ3n) is 4.04. The minimum Gasteiger partial charge on any atom is -0.490 e. The molecule has 1 aliphatic rings. The molecule has 2 unspecified atom stereocenters. The first-order chi connectivity index (χ1) is 8.95. The van der Waals surface area contributed by atoms with Gasteiger partial charge in [0.1, 0.15) is 5.75 Å². The van der Waals surface area contributed by atoms with E-state index in [0.717, 1.165) is 41.6 Å². The highest BCUT2D eigenvalue weighted by atomic mass is 16.5. The number of hydrogen-bond donors (Lipinski definition) is 1. The van der Waals surface area contributed by atoms with Crippen molar-refractivity contribution >= 4 is 0 Å². The summed E-state index contributed by atoms with van der Waals surface area (Å²) in [7, 11) is 0. The fourth-order valence-electron chi connectivity index (χ4n) is 3.25. The van der Waals surface area contributed by atoms with Crippen LogP contribution in [0.3, 0.4) is 0 Å². The third-order valence-corrected chi connectivity index (χ3v) is 4.04. The molecule has 0 aliphatic heterocycles. The van der Waals surface area contributed by atoms with Gasteiger partial charge in [-0.25, -0.2) is 0 Å². The van der Waals surface area contributed by atoms with Gasteiger partial charge in [-0.05, 0) is 57.1 Å². The molecule has 0 radical (unpaired) electrons. The molecule has 1 fully saturated rings. The second-order valence-corrected chi connectivity index (χ2v) is 6.37. The number of benzene rings is 1. The van der Waals surface area contributed by atoms with Crippen LogP contribution in [-0.2, 0) is 0 Å². The van der Waals surface area contributed by atoms with Crippen molar-refractivity contribution in [2.75, 3.05) is 0 Å². The van der Waals surface area contributed by atoms with Crippen LogP contribution in [0.2, 0.25) is 0 Å². The van der Waals surface area contributed by atoms with Crippen LogP contribution in [0.1, 0.15) is 57.3 Å². The van der Waals surface area contributed by atoms with Crippen molar-refractivity contribution in [1.82, 2.24) is 0 Å². The molecule has 19 heavy (non-hydrogen) atoms. The Bertz CT molecular complexity index is 415. The summed E-state index contributed by atoms with van der Waals surface area (Å²) in [5.41, 5.74) is 2.07. The summed E-state index contributed by atoms with van der Waals surface area (Å²) in [6.07, 6.45) is 3.36. The fourth-order valence-corrected chi connectivity index (χ4v) is 3.25. The van der Waals surface area contributed by atoms with Gasteiger partial charge < -0.3 is 9.84 Å². The maximum atomic E-state index is 9.88. The van der Waals surface area contributed by atoms with Gasteiger partial charge in [-0.3, -0.25) is 0 Å². The van der Waals surface area contributed by atoms with Crippen molar-refractivity contribution < 1.29 is 9.84 Å². The number of aliphatic hydroxyl groups is 1. The van der Waals surface area contributed by atoms with Crippen LogP contribution in [0, 0.1) is 18.8 Å². The lowest BCUT2D eigenvalue weighted by Gasteiger charge is -2.32. The van der Waals surface area contributed by atoms with Gasteiger partial charge in [-0.1, -0.05) is 25.5 Å². The Balaban J connectivity index is 2.14. The van der Waals surface area contributed by atoms with Gasteiger partial charge >= 0.3 is 0 Å². The smallest absolute Gasteiger partial charge is 0.125 e. The number of rotatable bonds is 3. The van der Waals surface area contributed by atoms with Crippen LogP contribution in [0.5, 0.6) is 5.75 Å². The summed E-state index contributed by atoms with van der Waals surface area (Å²) >= 11 is 0. The van der Waals surface area contributed by atoms with E-state index in [1.54, 1.807) is 6.92 Å². The maximum absolute atomic E-state index is 9.88. The minimum absolute atomic E-state index is 0.291. The summed E-state index contributed by atoms with van der Waals surface area (Å²) in [4.78, 5) is 0. The van der Waals surface area contributed by atoms with Gasteiger partial charge in [0, 0.05) is 5.56 Å². The first-order valence-corrected chi connectivity index (χ1v) is 7.41. The SMILES string of the molecule is Cc1ccc(OC2CC(C)CC(C)C2)c([C@H](C)O)c1. The van der Waals surface area contributed by atoms with E-state index >= 15 is 0 Å². The average molecular weight is 262 g/mol. The molecule has 1 aromatic carbocycles. The Morgan fingerprint density at radius 2 is 1.79 bits per heavy atom. The highest BCUT2D eigenvalue weighted by Gasteiger charge is 2.26. The van der Waals surface area contributed by atoms with Crippen molar-refractivity contribution in [3.05, 3.63) is 29.3 Å². The van der Waals surface area contributed by atoms with Crippen LogP contribution in [0.25, 0.3) is 0 Å². The molecule has 0 spiro atoms. The molecular weight excluding hydrogens is 236 g/mol. The van der Waals surface area contributed by atoms with E-state index in [9.17, 15) is 5.11 Å². The van der Waals surface area contributed by atoms with Crippen molar-refractivity contribution in [2.24, 2.45) is 11.8 Å². The summed E-state index contributed by atoms with van der Waals surface area (Å²) in [6.45, 7) is 8.45. The Kier molecular flexibility index (Phi) is 4.51. The monoisotopic (exact) mass is 262 g/mol. The first-order valence-electron chi connectivity index (χ1n) is 7.41. The van der Waals surface area contributed by atoms with Crippen molar-refractivity contribution in [1.29, 1.82) is 0 Å². The van der Waals surface area contributed by atoms with Crippen molar-refractivity contribution in [3.63, 3.8) is 0 Å². The predicted octanol–water partition coefficient (Wildman–Crippen LogP) is 4.25. The van der Waals surface area contributed by atoms with E-state index < -0.39 is 6.10 Å². The zero-order chi connectivity index (χ0) is 14.0. The summed E-state index contributed by atoms with van der Waals surface area (Å²) in [5, 5.41) is 9.88. The number of aliphatic hydroxyl groups excluding tert-OH is 1. The molecule has 0 aromatic heterocycles. The van der Waals surface area contributed by atoms with E-state index in [1.807, 2.05) is 19.1 Å². The average Bonchev–Trinajstić information content (AvgIpc) is 2.30. The summed E-state index contributed by atoms with van der Waals surface area (Å²) in [6, 6.07) is 6.08. The Labute approximate surface area is 116 Å². The molecule has 0 bridgehead atoms. The van der Waals surface area contributed by atoms with Gasteiger partial charge in [0.25, 0.3) is 0 Å². The van der Waals surface area contributed by atoms with Gasteiger partial charge in [0.05, 0.1) is 12.2 Å². The molecular formula is C17H26O2. The van der Waals surface area contributed by atoms with Crippen LogP contribution in [-0.4, -0.2) is 11.2 Å². The summed E-state index contributed by atoms with van der Waals surface area (Å²) < 4.78 is 6.18. The second kappa shape index (κ2) is 5.96. The number of aryl methyl sites for hydroxylation is 1. The van der Waals surface area contributed by atoms with Gasteiger partial charge in [-0.15, -0.1) is 0 Å². The lowest BCUT2D eigenvalue weighted by molar-refractivity contribution is 0.0959. The topological polar surface area (TPSA) is 29.5 Å². The Morgan fingerprint density at radius 3 is 2.37 bits per heavy atom. The molecule has 1 saturated carbocycles. The molecule has 0 amide bonds. The fraction of sp³-hybridized carbons (Fsp3) is 0.647. The normalized spacial score (nSPS) is 29.0. The lowest BCUT2D eigenvalue weighted by Crippen LogP contribution is -2.28. The van der Waals surface area contributed by atoms with Gasteiger partial charge in [0.15, 0.2) is 0 Å². The van der Waals surface area contributed by atoms with E-state index in [-0.39, 0.29) is 0 Å². The molecule has 1 aliphatic carbocycles. The molecule has 0 saturated heterocycles. The zero-order valence-electron chi connectivity index (χ0n) is 12.5. The number of hydrogen-bond acceptors (Lipinski definition) is 2. The molecule has 3 atom stereocenters. The highest BCUT2D eigenvalue weighted by molar-refractivity contribution is 5.38. The van der Waals surface area contributed by atoms with Crippen LogP contribution in [0.4, 0.5) is 0 Å². The third kappa shape index (κ3) is 3.73.